The van der Waals surface area contributed by atoms with E-state index in [2.05, 4.69) is 15.6 Å². The largest absolute Gasteiger partial charge is 0.361 e. The lowest BCUT2D eigenvalue weighted by Gasteiger charge is -2.22. The molecule has 1 radical (unpaired) electrons. The number of rotatable bonds is 13. The van der Waals surface area contributed by atoms with Crippen LogP contribution in [0.1, 0.15) is 30.4 Å². The summed E-state index contributed by atoms with van der Waals surface area (Å²) in [6.45, 7) is 0.512. The molecule has 0 saturated carbocycles. The van der Waals surface area contributed by atoms with Crippen molar-refractivity contribution in [3.05, 3.63) is 71.9 Å². The zero-order chi connectivity index (χ0) is 24.3. The summed E-state index contributed by atoms with van der Waals surface area (Å²) in [5.74, 6) is -0.884. The minimum atomic E-state index is -0.904. The van der Waals surface area contributed by atoms with Crippen LogP contribution >= 0.6 is 0 Å². The van der Waals surface area contributed by atoms with Gasteiger partial charge in [0.25, 0.3) is 0 Å². The molecule has 2 aromatic carbocycles. The van der Waals surface area contributed by atoms with Gasteiger partial charge in [-0.05, 0) is 49.4 Å². The third kappa shape index (κ3) is 7.00. The van der Waals surface area contributed by atoms with E-state index in [9.17, 15) is 14.4 Å². The summed E-state index contributed by atoms with van der Waals surface area (Å²) in [5.41, 5.74) is 14.4. The van der Waals surface area contributed by atoms with Crippen LogP contribution in [-0.2, 0) is 27.2 Å². The number of nitrogens with one attached hydrogen (secondary N) is 3. The third-order valence-electron chi connectivity index (χ3n) is 5.77. The average Bonchev–Trinajstić information content (AvgIpc) is 3.26. The van der Waals surface area contributed by atoms with E-state index in [0.717, 1.165) is 28.5 Å². The number of para-hydroxylation sites is 1. The number of carbonyl (C=O) groups excluding carboxylic acids is 3. The van der Waals surface area contributed by atoms with E-state index < -0.39 is 29.9 Å². The third-order valence-corrected chi connectivity index (χ3v) is 5.77. The maximum Gasteiger partial charge on any atom is 0.243 e. The minimum absolute atomic E-state index is 0.244. The Balaban J connectivity index is 1.74. The smallest absolute Gasteiger partial charge is 0.243 e. The van der Waals surface area contributed by atoms with Gasteiger partial charge >= 0.3 is 0 Å². The number of hydrogen-bond acceptors (Lipinski definition) is 5. The monoisotopic (exact) mass is 462 g/mol. The number of unbranched alkanes of at least 4 members (excludes halogenated alkanes) is 1. The number of carbonyl (C=O) groups is 2. The molecule has 0 fully saturated rings. The average molecular weight is 463 g/mol. The van der Waals surface area contributed by atoms with Crippen LogP contribution in [-0.4, -0.2) is 47.8 Å². The molecule has 8 nitrogen and oxygen atoms in total. The van der Waals surface area contributed by atoms with Crippen molar-refractivity contribution >= 4 is 29.0 Å². The molecule has 0 bridgehead atoms. The molecule has 0 unspecified atom stereocenters. The Labute approximate surface area is 199 Å². The zero-order valence-corrected chi connectivity index (χ0v) is 19.1. The maximum atomic E-state index is 13.1. The van der Waals surface area contributed by atoms with E-state index >= 15 is 0 Å². The molecule has 3 aromatic rings. The summed E-state index contributed by atoms with van der Waals surface area (Å²) in [6.07, 6.45) is 6.17. The molecule has 3 atom stereocenters. The van der Waals surface area contributed by atoms with Gasteiger partial charge in [0.1, 0.15) is 6.04 Å². The SMILES string of the molecule is NCCCC[C@@H]([C]=O)NC(=O)[C@@H](Cc1c[nH]c2ccccc12)NC(=O)[C@@H](N)Cc1ccccc1. The molecule has 7 N–H and O–H groups in total. The van der Waals surface area contributed by atoms with Crippen molar-refractivity contribution in [3.8, 4) is 0 Å². The highest BCUT2D eigenvalue weighted by atomic mass is 16.2. The molecule has 8 heteroatoms. The van der Waals surface area contributed by atoms with Gasteiger partial charge in [0, 0.05) is 23.5 Å². The highest BCUT2D eigenvalue weighted by Gasteiger charge is 2.27. The van der Waals surface area contributed by atoms with E-state index in [-0.39, 0.29) is 6.42 Å². The number of amides is 2. The molecule has 0 aliphatic carbocycles. The molecule has 1 heterocycles. The quantitative estimate of drug-likeness (QED) is 0.245. The van der Waals surface area contributed by atoms with E-state index in [1.807, 2.05) is 67.1 Å². The Hall–Kier alpha value is -3.49. The number of nitrogens with two attached hydrogens (primary N) is 2. The van der Waals surface area contributed by atoms with E-state index in [4.69, 9.17) is 11.5 Å². The Morgan fingerprint density at radius 3 is 2.41 bits per heavy atom. The lowest BCUT2D eigenvalue weighted by molar-refractivity contribution is -0.129. The zero-order valence-electron chi connectivity index (χ0n) is 19.1. The van der Waals surface area contributed by atoms with Crippen LogP contribution in [0.5, 0.6) is 0 Å². The Morgan fingerprint density at radius 2 is 1.68 bits per heavy atom. The van der Waals surface area contributed by atoms with Crippen LogP contribution in [0.15, 0.2) is 60.8 Å². The van der Waals surface area contributed by atoms with Gasteiger partial charge in [-0.25, -0.2) is 0 Å². The second kappa shape index (κ2) is 12.7. The van der Waals surface area contributed by atoms with Gasteiger partial charge in [-0.15, -0.1) is 0 Å². The van der Waals surface area contributed by atoms with Crippen LogP contribution in [0.4, 0.5) is 0 Å². The molecular formula is C26H32N5O3. The molecule has 0 saturated heterocycles. The molecule has 3 rings (SSSR count). The highest BCUT2D eigenvalue weighted by molar-refractivity contribution is 5.92. The number of aromatic amines is 1. The van der Waals surface area contributed by atoms with Crippen molar-refractivity contribution in [1.29, 1.82) is 0 Å². The fourth-order valence-electron chi connectivity index (χ4n) is 3.89. The van der Waals surface area contributed by atoms with E-state index in [1.165, 1.54) is 0 Å². The normalized spacial score (nSPS) is 13.7. The van der Waals surface area contributed by atoms with Crippen molar-refractivity contribution in [2.45, 2.75) is 50.2 Å². The topological polar surface area (TPSA) is 143 Å². The molecule has 179 valence electrons. The van der Waals surface area contributed by atoms with Gasteiger partial charge in [-0.1, -0.05) is 48.5 Å². The summed E-state index contributed by atoms with van der Waals surface area (Å²) in [6, 6.07) is 14.7. The molecule has 2 amide bonds. The van der Waals surface area contributed by atoms with E-state index in [0.29, 0.717) is 25.8 Å². The Morgan fingerprint density at radius 1 is 0.941 bits per heavy atom. The fourth-order valence-corrected chi connectivity index (χ4v) is 3.89. The predicted molar refractivity (Wildman–Crippen MR) is 133 cm³/mol. The van der Waals surface area contributed by atoms with Crippen molar-refractivity contribution in [2.75, 3.05) is 6.54 Å². The van der Waals surface area contributed by atoms with Gasteiger partial charge in [0.05, 0.1) is 12.1 Å². The lowest BCUT2D eigenvalue weighted by Crippen LogP contribution is -2.54. The second-order valence-corrected chi connectivity index (χ2v) is 8.38. The van der Waals surface area contributed by atoms with Gasteiger partial charge in [0.2, 0.25) is 18.1 Å². The fraction of sp³-hybridized carbons (Fsp3) is 0.346. The number of fused-ring (bicyclic) bond motifs is 1. The van der Waals surface area contributed by atoms with Crippen LogP contribution in [0.3, 0.4) is 0 Å². The van der Waals surface area contributed by atoms with Gasteiger partial charge in [-0.3, -0.25) is 14.4 Å². The van der Waals surface area contributed by atoms with Gasteiger partial charge in [0.15, 0.2) is 0 Å². The summed E-state index contributed by atoms with van der Waals surface area (Å²) in [7, 11) is 0. The summed E-state index contributed by atoms with van der Waals surface area (Å²) in [5, 5.41) is 6.47. The van der Waals surface area contributed by atoms with Crippen LogP contribution in [0.2, 0.25) is 0 Å². The van der Waals surface area contributed by atoms with Crippen molar-refractivity contribution in [2.24, 2.45) is 11.5 Å². The number of H-pyrrole nitrogens is 1. The first-order chi connectivity index (χ1) is 16.5. The van der Waals surface area contributed by atoms with Gasteiger partial charge in [-0.2, -0.15) is 0 Å². The first kappa shape index (κ1) is 25.1. The van der Waals surface area contributed by atoms with Crippen molar-refractivity contribution < 1.29 is 14.4 Å². The minimum Gasteiger partial charge on any atom is -0.361 e. The summed E-state index contributed by atoms with van der Waals surface area (Å²) >= 11 is 0. The standard InChI is InChI=1S/C26H32N5O3/c27-13-7-6-10-20(17-32)30-26(34)24(15-19-16-29-23-12-5-4-11-21(19)23)31-25(33)22(28)14-18-8-2-1-3-9-18/h1-5,8-9,11-12,16,20,22,24,29H,6-7,10,13-15,27-28H2,(H,30,34)(H,31,33)/t20-,22-,24+/m0/s1. The lowest BCUT2D eigenvalue weighted by atomic mass is 10.0. The molecule has 0 aliphatic heterocycles. The molecule has 0 spiro atoms. The summed E-state index contributed by atoms with van der Waals surface area (Å²) < 4.78 is 0. The number of benzene rings is 2. The first-order valence-electron chi connectivity index (χ1n) is 11.5. The highest BCUT2D eigenvalue weighted by Crippen LogP contribution is 2.19. The number of aromatic nitrogens is 1. The molecule has 34 heavy (non-hydrogen) atoms. The van der Waals surface area contributed by atoms with Crippen LogP contribution in [0.25, 0.3) is 10.9 Å². The Bertz CT molecular complexity index is 1080. The Kier molecular flexibility index (Phi) is 9.37. The molecular weight excluding hydrogens is 430 g/mol. The van der Waals surface area contributed by atoms with Crippen molar-refractivity contribution in [3.63, 3.8) is 0 Å². The number of hydrogen-bond donors (Lipinski definition) is 5. The van der Waals surface area contributed by atoms with Crippen molar-refractivity contribution in [1.82, 2.24) is 15.6 Å². The maximum absolute atomic E-state index is 13.1. The van der Waals surface area contributed by atoms with Crippen LogP contribution < -0.4 is 22.1 Å². The summed E-state index contributed by atoms with van der Waals surface area (Å²) in [4.78, 5) is 40.6. The van der Waals surface area contributed by atoms with Gasteiger partial charge < -0.3 is 27.1 Å². The first-order valence-corrected chi connectivity index (χ1v) is 11.5. The molecule has 0 aliphatic rings. The predicted octanol–water partition coefficient (Wildman–Crippen LogP) is 1.49. The second-order valence-electron chi connectivity index (χ2n) is 8.38. The molecule has 1 aromatic heterocycles. The van der Waals surface area contributed by atoms with E-state index in [1.54, 1.807) is 0 Å². The van der Waals surface area contributed by atoms with Crippen LogP contribution in [0, 0.1) is 0 Å².